The van der Waals surface area contributed by atoms with Gasteiger partial charge in [-0.05, 0) is 26.0 Å². The molecule has 1 saturated heterocycles. The minimum Gasteiger partial charge on any atom is -0.484 e. The zero-order chi connectivity index (χ0) is 15.3. The summed E-state index contributed by atoms with van der Waals surface area (Å²) in [4.78, 5) is 14.1. The van der Waals surface area contributed by atoms with E-state index < -0.39 is 0 Å². The van der Waals surface area contributed by atoms with E-state index in [4.69, 9.17) is 14.2 Å². The zero-order valence-electron chi connectivity index (χ0n) is 12.9. The molecule has 0 saturated carbocycles. The molecule has 1 amide bonds. The highest BCUT2D eigenvalue weighted by Crippen LogP contribution is 2.21. The average Bonchev–Trinajstić information content (AvgIpc) is 2.44. The van der Waals surface area contributed by atoms with E-state index in [2.05, 4.69) is 0 Å². The van der Waals surface area contributed by atoms with Crippen LogP contribution in [0.2, 0.25) is 0 Å². The number of ether oxygens (including phenoxy) is 3. The third kappa shape index (κ3) is 4.72. The molecule has 0 N–H and O–H groups in total. The van der Waals surface area contributed by atoms with Crippen molar-refractivity contribution in [3.05, 3.63) is 30.3 Å². The first-order valence-electron chi connectivity index (χ1n) is 7.12. The molecule has 0 aromatic heterocycles. The largest absolute Gasteiger partial charge is 0.484 e. The first kappa shape index (κ1) is 15.8. The number of hydrogen-bond acceptors (Lipinski definition) is 4. The smallest absolute Gasteiger partial charge is 0.260 e. The lowest BCUT2D eigenvalue weighted by atomic mass is 10.1. The summed E-state index contributed by atoms with van der Waals surface area (Å²) < 4.78 is 16.6. The van der Waals surface area contributed by atoms with Crippen LogP contribution in [0.4, 0.5) is 0 Å². The van der Waals surface area contributed by atoms with Crippen LogP contribution in [0.5, 0.6) is 5.75 Å². The molecule has 5 heteroatoms. The molecule has 1 aliphatic rings. The lowest BCUT2D eigenvalue weighted by Gasteiger charge is -2.42. The number of amides is 1. The molecule has 1 atom stereocenters. The molecule has 116 valence electrons. The van der Waals surface area contributed by atoms with Crippen molar-refractivity contribution < 1.29 is 19.0 Å². The molecular weight excluding hydrogens is 270 g/mol. The van der Waals surface area contributed by atoms with E-state index in [1.807, 2.05) is 44.2 Å². The summed E-state index contributed by atoms with van der Waals surface area (Å²) in [5, 5.41) is 0. The quantitative estimate of drug-likeness (QED) is 0.829. The van der Waals surface area contributed by atoms with E-state index in [1.165, 1.54) is 0 Å². The molecule has 1 aromatic carbocycles. The van der Waals surface area contributed by atoms with Crippen molar-refractivity contribution in [2.24, 2.45) is 0 Å². The SMILES string of the molecule is COC[C@@H]1CN(C(=O)COc2ccccc2)CC(C)(C)O1. The van der Waals surface area contributed by atoms with Crippen LogP contribution in [-0.2, 0) is 14.3 Å². The Labute approximate surface area is 125 Å². The van der Waals surface area contributed by atoms with Gasteiger partial charge in [0.1, 0.15) is 5.75 Å². The lowest BCUT2D eigenvalue weighted by Crippen LogP contribution is -2.56. The Bertz CT molecular complexity index is 461. The van der Waals surface area contributed by atoms with Crippen LogP contribution in [0.1, 0.15) is 13.8 Å². The van der Waals surface area contributed by atoms with Crippen molar-refractivity contribution in [3.63, 3.8) is 0 Å². The van der Waals surface area contributed by atoms with Crippen LogP contribution in [0, 0.1) is 0 Å². The number of nitrogens with zero attached hydrogens (tertiary/aromatic N) is 1. The van der Waals surface area contributed by atoms with Gasteiger partial charge in [0, 0.05) is 20.2 Å². The van der Waals surface area contributed by atoms with E-state index >= 15 is 0 Å². The van der Waals surface area contributed by atoms with E-state index in [9.17, 15) is 4.79 Å². The highest BCUT2D eigenvalue weighted by molar-refractivity contribution is 5.78. The van der Waals surface area contributed by atoms with Gasteiger partial charge in [-0.1, -0.05) is 18.2 Å². The Morgan fingerprint density at radius 2 is 2.10 bits per heavy atom. The molecule has 0 spiro atoms. The first-order chi connectivity index (χ1) is 10.00. The van der Waals surface area contributed by atoms with Gasteiger partial charge in [0.05, 0.1) is 18.3 Å². The topological polar surface area (TPSA) is 48.0 Å². The number of hydrogen-bond donors (Lipinski definition) is 0. The van der Waals surface area contributed by atoms with Gasteiger partial charge in [0.15, 0.2) is 6.61 Å². The Hall–Kier alpha value is -1.59. The summed E-state index contributed by atoms with van der Waals surface area (Å²) >= 11 is 0. The van der Waals surface area contributed by atoms with Gasteiger partial charge in [-0.25, -0.2) is 0 Å². The predicted octanol–water partition coefficient (Wildman–Crippen LogP) is 1.72. The normalized spacial score (nSPS) is 21.1. The lowest BCUT2D eigenvalue weighted by molar-refractivity contribution is -0.170. The molecule has 1 heterocycles. The van der Waals surface area contributed by atoms with E-state index in [0.29, 0.717) is 25.4 Å². The van der Waals surface area contributed by atoms with Crippen LogP contribution in [0.15, 0.2) is 30.3 Å². The fourth-order valence-corrected chi connectivity index (χ4v) is 2.51. The fraction of sp³-hybridized carbons (Fsp3) is 0.562. The van der Waals surface area contributed by atoms with Gasteiger partial charge in [0.25, 0.3) is 5.91 Å². The van der Waals surface area contributed by atoms with Gasteiger partial charge in [-0.15, -0.1) is 0 Å². The fourth-order valence-electron chi connectivity index (χ4n) is 2.51. The van der Waals surface area contributed by atoms with E-state index in [1.54, 1.807) is 12.0 Å². The number of morpholine rings is 1. The Balaban J connectivity index is 1.91. The third-order valence-corrected chi connectivity index (χ3v) is 3.29. The Morgan fingerprint density at radius 3 is 2.76 bits per heavy atom. The number of benzene rings is 1. The molecule has 0 radical (unpaired) electrons. The van der Waals surface area contributed by atoms with Crippen molar-refractivity contribution in [1.29, 1.82) is 0 Å². The summed E-state index contributed by atoms with van der Waals surface area (Å²) in [6.07, 6.45) is -0.0978. The van der Waals surface area contributed by atoms with Crippen molar-refractivity contribution in [3.8, 4) is 5.75 Å². The van der Waals surface area contributed by atoms with Crippen molar-refractivity contribution in [1.82, 2.24) is 4.90 Å². The maximum absolute atomic E-state index is 12.3. The van der Waals surface area contributed by atoms with Crippen LogP contribution in [-0.4, -0.2) is 55.9 Å². The zero-order valence-corrected chi connectivity index (χ0v) is 12.9. The summed E-state index contributed by atoms with van der Waals surface area (Å²) in [7, 11) is 1.63. The molecule has 1 aliphatic heterocycles. The third-order valence-electron chi connectivity index (χ3n) is 3.29. The Kier molecular flexibility index (Phi) is 5.20. The maximum Gasteiger partial charge on any atom is 0.260 e. The molecule has 1 fully saturated rings. The maximum atomic E-state index is 12.3. The predicted molar refractivity (Wildman–Crippen MR) is 79.3 cm³/mol. The molecule has 5 nitrogen and oxygen atoms in total. The second-order valence-corrected chi connectivity index (χ2v) is 5.83. The van der Waals surface area contributed by atoms with Gasteiger partial charge >= 0.3 is 0 Å². The molecule has 1 aromatic rings. The number of para-hydroxylation sites is 1. The van der Waals surface area contributed by atoms with Crippen LogP contribution >= 0.6 is 0 Å². The molecule has 2 rings (SSSR count). The molecule has 0 aliphatic carbocycles. The van der Waals surface area contributed by atoms with Gasteiger partial charge in [-0.2, -0.15) is 0 Å². The number of carbonyl (C=O) groups excluding carboxylic acids is 1. The highest BCUT2D eigenvalue weighted by Gasteiger charge is 2.35. The molecule has 0 bridgehead atoms. The number of rotatable bonds is 5. The standard InChI is InChI=1S/C16H23NO4/c1-16(2)12-17(9-14(21-16)10-19-3)15(18)11-20-13-7-5-4-6-8-13/h4-8,14H,9-12H2,1-3H3/t14-/m0/s1. The van der Waals surface area contributed by atoms with Crippen LogP contribution in [0.3, 0.4) is 0 Å². The van der Waals surface area contributed by atoms with E-state index in [-0.39, 0.29) is 24.2 Å². The number of carbonyl (C=O) groups is 1. The van der Waals surface area contributed by atoms with Crippen molar-refractivity contribution >= 4 is 5.91 Å². The minimum absolute atomic E-state index is 0.0312. The Morgan fingerprint density at radius 1 is 1.38 bits per heavy atom. The van der Waals surface area contributed by atoms with E-state index in [0.717, 1.165) is 0 Å². The monoisotopic (exact) mass is 293 g/mol. The second kappa shape index (κ2) is 6.91. The van der Waals surface area contributed by atoms with Crippen LogP contribution in [0.25, 0.3) is 0 Å². The summed E-state index contributed by atoms with van der Waals surface area (Å²) in [5.41, 5.74) is -0.371. The highest BCUT2D eigenvalue weighted by atomic mass is 16.5. The molecular formula is C16H23NO4. The second-order valence-electron chi connectivity index (χ2n) is 5.83. The average molecular weight is 293 g/mol. The summed E-state index contributed by atoms with van der Waals surface area (Å²) in [6, 6.07) is 9.35. The van der Waals surface area contributed by atoms with Gasteiger partial charge in [0.2, 0.25) is 0 Å². The van der Waals surface area contributed by atoms with Gasteiger partial charge in [-0.3, -0.25) is 4.79 Å². The first-order valence-corrected chi connectivity index (χ1v) is 7.12. The molecule has 0 unspecified atom stereocenters. The number of methoxy groups -OCH3 is 1. The minimum atomic E-state index is -0.371. The van der Waals surface area contributed by atoms with Crippen LogP contribution < -0.4 is 4.74 Å². The summed E-state index contributed by atoms with van der Waals surface area (Å²) in [6.45, 7) is 5.57. The van der Waals surface area contributed by atoms with Crippen molar-refractivity contribution in [2.75, 3.05) is 33.4 Å². The molecule has 21 heavy (non-hydrogen) atoms. The van der Waals surface area contributed by atoms with Crippen molar-refractivity contribution in [2.45, 2.75) is 25.6 Å². The van der Waals surface area contributed by atoms with Gasteiger partial charge < -0.3 is 19.1 Å². The summed E-state index contributed by atoms with van der Waals surface area (Å²) in [5.74, 6) is 0.670.